The molecule has 0 aromatic heterocycles. The third kappa shape index (κ3) is 4.47. The van der Waals surface area contributed by atoms with Crippen molar-refractivity contribution in [2.75, 3.05) is 0 Å². The van der Waals surface area contributed by atoms with Gasteiger partial charge in [-0.3, -0.25) is 0 Å². The molecule has 1 aliphatic rings. The summed E-state index contributed by atoms with van der Waals surface area (Å²) in [6.07, 6.45) is 11.2. The second-order valence-electron chi connectivity index (χ2n) is 7.81. The minimum Gasteiger partial charge on any atom is -0.207 e. The highest BCUT2D eigenvalue weighted by atomic mass is 19.1. The molecule has 1 heteroatoms. The van der Waals surface area contributed by atoms with Crippen LogP contribution in [0, 0.1) is 29.0 Å². The molecule has 1 unspecified atom stereocenters. The molecular formula is C23H31F. The molecule has 0 aliphatic heterocycles. The lowest BCUT2D eigenvalue weighted by atomic mass is 9.60. The molecule has 0 spiro atoms. The fourth-order valence-electron chi connectivity index (χ4n) is 4.07. The number of benzene rings is 1. The van der Waals surface area contributed by atoms with Crippen LogP contribution < -0.4 is 0 Å². The first-order chi connectivity index (χ1) is 11.4. The molecule has 0 radical (unpaired) electrons. The Hall–Kier alpha value is -1.63. The Morgan fingerprint density at radius 1 is 1.38 bits per heavy atom. The molecule has 1 aliphatic carbocycles. The van der Waals surface area contributed by atoms with Crippen LogP contribution in [-0.2, 0) is 0 Å². The van der Waals surface area contributed by atoms with Crippen LogP contribution in [0.3, 0.4) is 0 Å². The van der Waals surface area contributed by atoms with Gasteiger partial charge in [0.15, 0.2) is 0 Å². The third-order valence-corrected chi connectivity index (χ3v) is 5.94. The average Bonchev–Trinajstić information content (AvgIpc) is 2.56. The molecule has 1 aromatic rings. The highest BCUT2D eigenvalue weighted by Crippen LogP contribution is 2.49. The number of halogens is 1. The Balaban J connectivity index is 1.95. The van der Waals surface area contributed by atoms with Gasteiger partial charge >= 0.3 is 0 Å². The zero-order valence-electron chi connectivity index (χ0n) is 15.4. The van der Waals surface area contributed by atoms with Crippen molar-refractivity contribution < 1.29 is 4.39 Å². The van der Waals surface area contributed by atoms with Gasteiger partial charge in [-0.25, -0.2) is 4.39 Å². The summed E-state index contributed by atoms with van der Waals surface area (Å²) >= 11 is 0. The van der Waals surface area contributed by atoms with Gasteiger partial charge in [-0.1, -0.05) is 56.4 Å². The predicted octanol–water partition coefficient (Wildman–Crippen LogP) is 7.05. The summed E-state index contributed by atoms with van der Waals surface area (Å²) in [5, 5.41) is 0. The summed E-state index contributed by atoms with van der Waals surface area (Å²) in [5.74, 6) is 1.74. The van der Waals surface area contributed by atoms with E-state index in [-0.39, 0.29) is 11.2 Å². The molecule has 0 heterocycles. The second-order valence-corrected chi connectivity index (χ2v) is 7.81. The molecule has 0 amide bonds. The molecule has 0 N–H and O–H groups in total. The lowest BCUT2D eigenvalue weighted by Gasteiger charge is -2.45. The fourth-order valence-corrected chi connectivity index (χ4v) is 4.07. The van der Waals surface area contributed by atoms with Gasteiger partial charge < -0.3 is 0 Å². The van der Waals surface area contributed by atoms with Gasteiger partial charge in [0.05, 0.1) is 0 Å². The third-order valence-electron chi connectivity index (χ3n) is 5.94. The first-order valence-corrected chi connectivity index (χ1v) is 9.07. The summed E-state index contributed by atoms with van der Waals surface area (Å²) in [6.45, 7) is 15.1. The van der Waals surface area contributed by atoms with Crippen LogP contribution in [0.15, 0.2) is 55.1 Å². The summed E-state index contributed by atoms with van der Waals surface area (Å²) in [4.78, 5) is 0. The number of hydrogen-bond acceptors (Lipinski definition) is 0. The van der Waals surface area contributed by atoms with E-state index in [0.717, 1.165) is 17.9 Å². The van der Waals surface area contributed by atoms with E-state index >= 15 is 0 Å². The molecular weight excluding hydrogens is 295 g/mol. The van der Waals surface area contributed by atoms with E-state index in [1.54, 1.807) is 0 Å². The maximum absolute atomic E-state index is 12.9. The topological polar surface area (TPSA) is 0 Å². The van der Waals surface area contributed by atoms with E-state index in [1.807, 2.05) is 12.1 Å². The SMILES string of the molecule is C=C[C@]1(C)CC[C@@H](C(C)C/C=C/c2ccc(F)cc2)C[C@H]1C(=C)C. The van der Waals surface area contributed by atoms with Gasteiger partial charge in [-0.2, -0.15) is 0 Å². The van der Waals surface area contributed by atoms with Gasteiger partial charge in [-0.05, 0) is 73.5 Å². The van der Waals surface area contributed by atoms with Crippen LogP contribution in [0.4, 0.5) is 4.39 Å². The van der Waals surface area contributed by atoms with Crippen LogP contribution in [0.2, 0.25) is 0 Å². The lowest BCUT2D eigenvalue weighted by molar-refractivity contribution is 0.122. The molecule has 1 aromatic carbocycles. The minimum atomic E-state index is -0.182. The van der Waals surface area contributed by atoms with Crippen molar-refractivity contribution in [1.82, 2.24) is 0 Å². The standard InChI is InChI=1S/C23H31F/c1-6-23(5)15-14-20(16-22(23)17(2)3)18(4)8-7-9-19-10-12-21(24)13-11-19/h6-7,9-13,18,20,22H,1-2,8,14-16H2,3-5H3/b9-7+/t18?,20-,22+,23-/m1/s1. The Morgan fingerprint density at radius 3 is 2.62 bits per heavy atom. The fraction of sp³-hybridized carbons (Fsp3) is 0.478. The molecule has 1 saturated carbocycles. The second kappa shape index (κ2) is 7.96. The first kappa shape index (κ1) is 18.7. The molecule has 0 nitrogen and oxygen atoms in total. The zero-order valence-corrected chi connectivity index (χ0v) is 15.4. The predicted molar refractivity (Wildman–Crippen MR) is 103 cm³/mol. The van der Waals surface area contributed by atoms with E-state index in [2.05, 4.69) is 52.2 Å². The molecule has 0 bridgehead atoms. The van der Waals surface area contributed by atoms with Crippen molar-refractivity contribution in [3.05, 3.63) is 66.5 Å². The molecule has 1 fully saturated rings. The molecule has 24 heavy (non-hydrogen) atoms. The Morgan fingerprint density at radius 2 is 2.04 bits per heavy atom. The minimum absolute atomic E-state index is 0.182. The van der Waals surface area contributed by atoms with Crippen LogP contribution in [0.25, 0.3) is 6.08 Å². The average molecular weight is 326 g/mol. The number of hydrogen-bond donors (Lipinski definition) is 0. The summed E-state index contributed by atoms with van der Waals surface area (Å²) in [5.41, 5.74) is 2.55. The van der Waals surface area contributed by atoms with Crippen LogP contribution in [-0.4, -0.2) is 0 Å². The maximum Gasteiger partial charge on any atom is 0.123 e. The van der Waals surface area contributed by atoms with Crippen molar-refractivity contribution in [3.63, 3.8) is 0 Å². The van der Waals surface area contributed by atoms with Crippen molar-refractivity contribution in [2.45, 2.75) is 46.5 Å². The van der Waals surface area contributed by atoms with Crippen molar-refractivity contribution in [3.8, 4) is 0 Å². The number of allylic oxidation sites excluding steroid dienone is 3. The van der Waals surface area contributed by atoms with Crippen molar-refractivity contribution in [2.24, 2.45) is 23.2 Å². The normalized spacial score (nSPS) is 28.7. The Labute approximate surface area is 147 Å². The Bertz CT molecular complexity index is 595. The van der Waals surface area contributed by atoms with E-state index in [0.29, 0.717) is 11.8 Å². The van der Waals surface area contributed by atoms with Gasteiger partial charge in [-0.15, -0.1) is 6.58 Å². The van der Waals surface area contributed by atoms with Crippen LogP contribution >= 0.6 is 0 Å². The van der Waals surface area contributed by atoms with Crippen LogP contribution in [0.5, 0.6) is 0 Å². The van der Waals surface area contributed by atoms with Gasteiger partial charge in [0, 0.05) is 0 Å². The molecule has 130 valence electrons. The number of rotatable bonds is 6. The first-order valence-electron chi connectivity index (χ1n) is 9.07. The van der Waals surface area contributed by atoms with Crippen LogP contribution in [0.1, 0.15) is 52.0 Å². The molecule has 2 rings (SSSR count). The molecule has 0 saturated heterocycles. The molecule has 4 atom stereocenters. The largest absolute Gasteiger partial charge is 0.207 e. The van der Waals surface area contributed by atoms with E-state index in [9.17, 15) is 4.39 Å². The van der Waals surface area contributed by atoms with E-state index in [4.69, 9.17) is 0 Å². The van der Waals surface area contributed by atoms with E-state index < -0.39 is 0 Å². The Kier molecular flexibility index (Phi) is 6.21. The van der Waals surface area contributed by atoms with Gasteiger partial charge in [0.25, 0.3) is 0 Å². The highest BCUT2D eigenvalue weighted by Gasteiger charge is 2.39. The maximum atomic E-state index is 12.9. The quantitative estimate of drug-likeness (QED) is 0.491. The summed E-state index contributed by atoms with van der Waals surface area (Å²) in [6, 6.07) is 6.67. The van der Waals surface area contributed by atoms with Gasteiger partial charge in [0.1, 0.15) is 5.82 Å². The van der Waals surface area contributed by atoms with Crippen molar-refractivity contribution >= 4 is 6.08 Å². The smallest absolute Gasteiger partial charge is 0.123 e. The summed E-state index contributed by atoms with van der Waals surface area (Å²) < 4.78 is 12.9. The zero-order chi connectivity index (χ0) is 17.7. The monoisotopic (exact) mass is 326 g/mol. The van der Waals surface area contributed by atoms with E-state index in [1.165, 1.54) is 37.0 Å². The summed E-state index contributed by atoms with van der Waals surface area (Å²) in [7, 11) is 0. The van der Waals surface area contributed by atoms with Gasteiger partial charge in [0.2, 0.25) is 0 Å². The highest BCUT2D eigenvalue weighted by molar-refractivity contribution is 5.48. The lowest BCUT2D eigenvalue weighted by Crippen LogP contribution is -2.35. The van der Waals surface area contributed by atoms with Crippen molar-refractivity contribution in [1.29, 1.82) is 0 Å².